The molecular formula is C15H22ClN. The number of rotatable bonds is 3. The van der Waals surface area contributed by atoms with Crippen molar-refractivity contribution in [2.45, 2.75) is 33.2 Å². The van der Waals surface area contributed by atoms with Gasteiger partial charge in [0.05, 0.1) is 0 Å². The van der Waals surface area contributed by atoms with Crippen molar-refractivity contribution < 1.29 is 0 Å². The van der Waals surface area contributed by atoms with Gasteiger partial charge in [-0.2, -0.15) is 0 Å². The summed E-state index contributed by atoms with van der Waals surface area (Å²) in [7, 11) is 0. The minimum Gasteiger partial charge on any atom is -0.299 e. The SMILES string of the molecule is CC(C)[C@@H]1CCCN(Cc2ccc(Cl)cc2)C1. The second kappa shape index (κ2) is 5.88. The van der Waals surface area contributed by atoms with Crippen LogP contribution in [0.3, 0.4) is 0 Å². The van der Waals surface area contributed by atoms with Crippen molar-refractivity contribution in [3.8, 4) is 0 Å². The van der Waals surface area contributed by atoms with E-state index in [-0.39, 0.29) is 0 Å². The van der Waals surface area contributed by atoms with Gasteiger partial charge in [-0.25, -0.2) is 0 Å². The fourth-order valence-electron chi connectivity index (χ4n) is 2.63. The third-order valence-electron chi connectivity index (χ3n) is 3.80. The van der Waals surface area contributed by atoms with Gasteiger partial charge in [0.25, 0.3) is 0 Å². The highest BCUT2D eigenvalue weighted by Gasteiger charge is 2.22. The van der Waals surface area contributed by atoms with Crippen molar-refractivity contribution in [1.82, 2.24) is 4.90 Å². The summed E-state index contributed by atoms with van der Waals surface area (Å²) in [5, 5.41) is 0.826. The van der Waals surface area contributed by atoms with Gasteiger partial charge in [-0.1, -0.05) is 37.6 Å². The quantitative estimate of drug-likeness (QED) is 0.778. The van der Waals surface area contributed by atoms with Crippen LogP contribution >= 0.6 is 11.6 Å². The van der Waals surface area contributed by atoms with Gasteiger partial charge in [0, 0.05) is 18.1 Å². The average Bonchev–Trinajstić information content (AvgIpc) is 2.32. The van der Waals surface area contributed by atoms with Gasteiger partial charge in [0.15, 0.2) is 0 Å². The topological polar surface area (TPSA) is 3.24 Å². The second-order valence-corrected chi connectivity index (χ2v) is 5.94. The van der Waals surface area contributed by atoms with E-state index in [9.17, 15) is 0 Å². The summed E-state index contributed by atoms with van der Waals surface area (Å²) in [4.78, 5) is 2.58. The van der Waals surface area contributed by atoms with E-state index < -0.39 is 0 Å². The molecule has 1 aliphatic rings. The Morgan fingerprint density at radius 1 is 1.29 bits per heavy atom. The maximum Gasteiger partial charge on any atom is 0.0406 e. The molecule has 1 saturated heterocycles. The fraction of sp³-hybridized carbons (Fsp3) is 0.600. The molecule has 1 aromatic rings. The molecule has 0 N–H and O–H groups in total. The van der Waals surface area contributed by atoms with Crippen LogP contribution in [0.2, 0.25) is 5.02 Å². The number of likely N-dealkylation sites (tertiary alicyclic amines) is 1. The van der Waals surface area contributed by atoms with Crippen LogP contribution in [0.1, 0.15) is 32.3 Å². The number of benzene rings is 1. The Hall–Kier alpha value is -0.530. The molecule has 2 rings (SSSR count). The lowest BCUT2D eigenvalue weighted by atomic mass is 9.88. The van der Waals surface area contributed by atoms with Crippen LogP contribution in [-0.4, -0.2) is 18.0 Å². The Morgan fingerprint density at radius 3 is 2.65 bits per heavy atom. The minimum atomic E-state index is 0.808. The summed E-state index contributed by atoms with van der Waals surface area (Å²) < 4.78 is 0. The third-order valence-corrected chi connectivity index (χ3v) is 4.06. The highest BCUT2D eigenvalue weighted by Crippen LogP contribution is 2.24. The monoisotopic (exact) mass is 251 g/mol. The zero-order chi connectivity index (χ0) is 12.3. The molecule has 1 atom stereocenters. The molecule has 1 aromatic carbocycles. The van der Waals surface area contributed by atoms with E-state index in [1.807, 2.05) is 12.1 Å². The van der Waals surface area contributed by atoms with Crippen LogP contribution < -0.4 is 0 Å². The summed E-state index contributed by atoms with van der Waals surface area (Å²) in [6.45, 7) is 8.25. The van der Waals surface area contributed by atoms with Gasteiger partial charge in [-0.3, -0.25) is 4.90 Å². The predicted octanol–water partition coefficient (Wildman–Crippen LogP) is 4.21. The molecule has 2 heteroatoms. The fourth-order valence-corrected chi connectivity index (χ4v) is 2.75. The van der Waals surface area contributed by atoms with Crippen molar-refractivity contribution >= 4 is 11.6 Å². The Kier molecular flexibility index (Phi) is 4.47. The predicted molar refractivity (Wildman–Crippen MR) is 74.3 cm³/mol. The summed E-state index contributed by atoms with van der Waals surface area (Å²) >= 11 is 5.91. The van der Waals surface area contributed by atoms with Gasteiger partial charge < -0.3 is 0 Å². The first kappa shape index (κ1) is 12.9. The van der Waals surface area contributed by atoms with E-state index in [2.05, 4.69) is 30.9 Å². The highest BCUT2D eigenvalue weighted by molar-refractivity contribution is 6.30. The first-order valence-electron chi connectivity index (χ1n) is 6.62. The van der Waals surface area contributed by atoms with Crippen LogP contribution in [-0.2, 0) is 6.54 Å². The number of hydrogen-bond acceptors (Lipinski definition) is 1. The van der Waals surface area contributed by atoms with Crippen LogP contribution in [0, 0.1) is 11.8 Å². The van der Waals surface area contributed by atoms with Gasteiger partial charge >= 0.3 is 0 Å². The second-order valence-electron chi connectivity index (χ2n) is 5.51. The molecular weight excluding hydrogens is 230 g/mol. The Morgan fingerprint density at radius 2 is 2.00 bits per heavy atom. The van der Waals surface area contributed by atoms with Gasteiger partial charge in [-0.05, 0) is 48.9 Å². The molecule has 0 saturated carbocycles. The van der Waals surface area contributed by atoms with E-state index in [1.165, 1.54) is 31.5 Å². The Balaban J connectivity index is 1.92. The van der Waals surface area contributed by atoms with Crippen LogP contribution in [0.15, 0.2) is 24.3 Å². The maximum atomic E-state index is 5.91. The summed E-state index contributed by atoms with van der Waals surface area (Å²) in [6, 6.07) is 8.25. The van der Waals surface area contributed by atoms with E-state index in [1.54, 1.807) is 0 Å². The molecule has 0 aliphatic carbocycles. The molecule has 0 radical (unpaired) electrons. The molecule has 1 fully saturated rings. The molecule has 94 valence electrons. The Bertz CT molecular complexity index is 344. The molecule has 1 heterocycles. The van der Waals surface area contributed by atoms with Crippen molar-refractivity contribution in [2.75, 3.05) is 13.1 Å². The van der Waals surface area contributed by atoms with Crippen molar-refractivity contribution in [1.29, 1.82) is 0 Å². The van der Waals surface area contributed by atoms with Crippen molar-refractivity contribution in [3.05, 3.63) is 34.9 Å². The van der Waals surface area contributed by atoms with Crippen LogP contribution in [0.25, 0.3) is 0 Å². The smallest absolute Gasteiger partial charge is 0.0406 e. The van der Waals surface area contributed by atoms with Crippen molar-refractivity contribution in [3.63, 3.8) is 0 Å². The average molecular weight is 252 g/mol. The summed E-state index contributed by atoms with van der Waals surface area (Å²) in [5.41, 5.74) is 1.37. The first-order chi connectivity index (χ1) is 8.15. The zero-order valence-electron chi connectivity index (χ0n) is 10.8. The summed E-state index contributed by atoms with van der Waals surface area (Å²) in [5.74, 6) is 1.68. The van der Waals surface area contributed by atoms with Crippen LogP contribution in [0.4, 0.5) is 0 Å². The molecule has 17 heavy (non-hydrogen) atoms. The lowest BCUT2D eigenvalue weighted by Crippen LogP contribution is -2.36. The number of nitrogens with zero attached hydrogens (tertiary/aromatic N) is 1. The Labute approximate surface area is 110 Å². The van der Waals surface area contributed by atoms with E-state index in [0.29, 0.717) is 0 Å². The molecule has 0 unspecified atom stereocenters. The van der Waals surface area contributed by atoms with Gasteiger partial charge in [0.1, 0.15) is 0 Å². The number of hydrogen-bond donors (Lipinski definition) is 0. The standard InChI is InChI=1S/C15H22ClN/c1-12(2)14-4-3-9-17(11-14)10-13-5-7-15(16)8-6-13/h5-8,12,14H,3-4,9-11H2,1-2H3/t14-/m1/s1. The zero-order valence-corrected chi connectivity index (χ0v) is 11.6. The molecule has 0 spiro atoms. The van der Waals surface area contributed by atoms with E-state index in [4.69, 9.17) is 11.6 Å². The molecule has 0 bridgehead atoms. The highest BCUT2D eigenvalue weighted by atomic mass is 35.5. The molecule has 0 aromatic heterocycles. The van der Waals surface area contributed by atoms with Gasteiger partial charge in [-0.15, -0.1) is 0 Å². The molecule has 1 nitrogen and oxygen atoms in total. The van der Waals surface area contributed by atoms with Gasteiger partial charge in [0.2, 0.25) is 0 Å². The summed E-state index contributed by atoms with van der Waals surface area (Å²) in [6.07, 6.45) is 2.74. The largest absolute Gasteiger partial charge is 0.299 e. The normalized spacial score (nSPS) is 22.0. The minimum absolute atomic E-state index is 0.808. The molecule has 1 aliphatic heterocycles. The molecule has 0 amide bonds. The lowest BCUT2D eigenvalue weighted by Gasteiger charge is -2.34. The third kappa shape index (κ3) is 3.72. The van der Waals surface area contributed by atoms with Crippen LogP contribution in [0.5, 0.6) is 0 Å². The van der Waals surface area contributed by atoms with E-state index in [0.717, 1.165) is 23.4 Å². The number of halogens is 1. The lowest BCUT2D eigenvalue weighted by molar-refractivity contribution is 0.139. The number of piperidine rings is 1. The maximum absolute atomic E-state index is 5.91. The van der Waals surface area contributed by atoms with Crippen molar-refractivity contribution in [2.24, 2.45) is 11.8 Å². The first-order valence-corrected chi connectivity index (χ1v) is 7.00. The van der Waals surface area contributed by atoms with E-state index >= 15 is 0 Å².